The minimum atomic E-state index is -0.451. The third-order valence-corrected chi connectivity index (χ3v) is 4.03. The molecule has 0 atom stereocenters. The van der Waals surface area contributed by atoms with Crippen LogP contribution in [0.1, 0.15) is 31.5 Å². The molecule has 6 nitrogen and oxygen atoms in total. The topological polar surface area (TPSA) is 83.4 Å². The van der Waals surface area contributed by atoms with Gasteiger partial charge < -0.3 is 19.7 Å². The number of ether oxygens (including phenoxy) is 2. The monoisotopic (exact) mass is 339 g/mol. The highest BCUT2D eigenvalue weighted by Gasteiger charge is 2.36. The molecule has 0 radical (unpaired) electrons. The Bertz CT molecular complexity index is 627. The lowest BCUT2D eigenvalue weighted by atomic mass is 9.99. The molecular weight excluding hydrogens is 318 g/mol. The van der Waals surface area contributed by atoms with Crippen LogP contribution in [0.2, 0.25) is 0 Å². The van der Waals surface area contributed by atoms with Crippen LogP contribution in [0.5, 0.6) is 5.75 Å². The Labute approximate surface area is 141 Å². The van der Waals surface area contributed by atoms with Crippen LogP contribution in [0.4, 0.5) is 0 Å². The number of halogens is 1. The second kappa shape index (κ2) is 7.77. The summed E-state index contributed by atoms with van der Waals surface area (Å²) in [6.07, 6.45) is 4.02. The van der Waals surface area contributed by atoms with Gasteiger partial charge in [0.15, 0.2) is 5.82 Å². The molecule has 2 N–H and O–H groups in total. The van der Waals surface area contributed by atoms with Gasteiger partial charge in [-0.15, -0.1) is 12.4 Å². The van der Waals surface area contributed by atoms with Gasteiger partial charge in [0.25, 0.3) is 5.89 Å². The first-order chi connectivity index (χ1) is 10.7. The van der Waals surface area contributed by atoms with Crippen LogP contribution >= 0.6 is 12.4 Å². The van der Waals surface area contributed by atoms with Crippen molar-refractivity contribution in [1.29, 1.82) is 0 Å². The standard InChI is InChI=1S/C16H21N3O3.ClH/c1-20-10-11-21-13-7-3-2-6-12(13)14-18-15(19-22-14)16(17)8-4-5-9-16;/h2-3,6-7H,4-5,8-11,17H2,1H3;1H. The number of aromatic nitrogens is 2. The molecule has 0 unspecified atom stereocenters. The highest BCUT2D eigenvalue weighted by Crippen LogP contribution is 2.36. The lowest BCUT2D eigenvalue weighted by Gasteiger charge is -2.17. The average molecular weight is 340 g/mol. The minimum absolute atomic E-state index is 0. The lowest BCUT2D eigenvalue weighted by Crippen LogP contribution is -2.34. The number of hydrogen-bond acceptors (Lipinski definition) is 6. The van der Waals surface area contributed by atoms with Gasteiger partial charge in [-0.3, -0.25) is 0 Å². The summed E-state index contributed by atoms with van der Waals surface area (Å²) in [6.45, 7) is 0.991. The van der Waals surface area contributed by atoms with E-state index in [1.807, 2.05) is 24.3 Å². The fourth-order valence-electron chi connectivity index (χ4n) is 2.77. The molecule has 3 rings (SSSR count). The number of nitrogens with zero attached hydrogens (tertiary/aromatic N) is 2. The van der Waals surface area contributed by atoms with Crippen molar-refractivity contribution in [3.63, 3.8) is 0 Å². The fraction of sp³-hybridized carbons (Fsp3) is 0.500. The predicted molar refractivity (Wildman–Crippen MR) is 88.7 cm³/mol. The first-order valence-electron chi connectivity index (χ1n) is 7.57. The van der Waals surface area contributed by atoms with Crippen molar-refractivity contribution in [2.45, 2.75) is 31.2 Å². The quantitative estimate of drug-likeness (QED) is 0.815. The van der Waals surface area contributed by atoms with Crippen molar-refractivity contribution in [3.8, 4) is 17.2 Å². The van der Waals surface area contributed by atoms with Gasteiger partial charge in [-0.05, 0) is 25.0 Å². The van der Waals surface area contributed by atoms with E-state index in [9.17, 15) is 0 Å². The molecule has 1 aromatic heterocycles. The zero-order chi connectivity index (χ0) is 15.4. The van der Waals surface area contributed by atoms with Crippen LogP contribution in [-0.4, -0.2) is 30.5 Å². The largest absolute Gasteiger partial charge is 0.490 e. The molecule has 0 amide bonds. The second-order valence-corrected chi connectivity index (χ2v) is 5.62. The molecule has 1 fully saturated rings. The first-order valence-corrected chi connectivity index (χ1v) is 7.57. The molecule has 126 valence electrons. The van der Waals surface area contributed by atoms with E-state index < -0.39 is 5.54 Å². The highest BCUT2D eigenvalue weighted by molar-refractivity contribution is 5.85. The Balaban J connectivity index is 0.00000192. The Morgan fingerprint density at radius 1 is 1.22 bits per heavy atom. The zero-order valence-corrected chi connectivity index (χ0v) is 14.0. The van der Waals surface area contributed by atoms with E-state index in [0.29, 0.717) is 30.7 Å². The summed E-state index contributed by atoms with van der Waals surface area (Å²) < 4.78 is 16.1. The first kappa shape index (κ1) is 17.7. The van der Waals surface area contributed by atoms with E-state index >= 15 is 0 Å². The van der Waals surface area contributed by atoms with E-state index in [2.05, 4.69) is 10.1 Å². The van der Waals surface area contributed by atoms with Crippen LogP contribution in [0, 0.1) is 0 Å². The maximum atomic E-state index is 6.38. The van der Waals surface area contributed by atoms with Crippen molar-refractivity contribution in [2.75, 3.05) is 20.3 Å². The van der Waals surface area contributed by atoms with Gasteiger partial charge in [0.1, 0.15) is 12.4 Å². The van der Waals surface area contributed by atoms with E-state index in [-0.39, 0.29) is 12.4 Å². The average Bonchev–Trinajstić information content (AvgIpc) is 3.18. The van der Waals surface area contributed by atoms with Gasteiger partial charge in [0.05, 0.1) is 17.7 Å². The zero-order valence-electron chi connectivity index (χ0n) is 13.2. The summed E-state index contributed by atoms with van der Waals surface area (Å²) >= 11 is 0. The van der Waals surface area contributed by atoms with Gasteiger partial charge in [0, 0.05) is 7.11 Å². The van der Waals surface area contributed by atoms with E-state index in [0.717, 1.165) is 31.2 Å². The number of hydrogen-bond donors (Lipinski definition) is 1. The van der Waals surface area contributed by atoms with Crippen molar-refractivity contribution >= 4 is 12.4 Å². The fourth-order valence-corrected chi connectivity index (χ4v) is 2.77. The minimum Gasteiger partial charge on any atom is -0.490 e. The van der Waals surface area contributed by atoms with Crippen LogP contribution < -0.4 is 10.5 Å². The summed E-state index contributed by atoms with van der Waals surface area (Å²) in [5, 5.41) is 4.09. The Morgan fingerprint density at radius 3 is 2.70 bits per heavy atom. The molecule has 2 aromatic rings. The third-order valence-electron chi connectivity index (χ3n) is 4.03. The molecule has 0 bridgehead atoms. The van der Waals surface area contributed by atoms with Gasteiger partial charge >= 0.3 is 0 Å². The van der Waals surface area contributed by atoms with Crippen LogP contribution in [-0.2, 0) is 10.3 Å². The molecule has 1 aromatic carbocycles. The molecule has 23 heavy (non-hydrogen) atoms. The number of nitrogens with two attached hydrogens (primary N) is 1. The Morgan fingerprint density at radius 2 is 1.96 bits per heavy atom. The van der Waals surface area contributed by atoms with Crippen molar-refractivity contribution in [3.05, 3.63) is 30.1 Å². The number of methoxy groups -OCH3 is 1. The van der Waals surface area contributed by atoms with Crippen LogP contribution in [0.25, 0.3) is 11.5 Å². The number of para-hydroxylation sites is 1. The van der Waals surface area contributed by atoms with E-state index in [1.54, 1.807) is 7.11 Å². The Kier molecular flexibility index (Phi) is 5.98. The van der Waals surface area contributed by atoms with Gasteiger partial charge in [-0.1, -0.05) is 30.1 Å². The molecule has 7 heteroatoms. The summed E-state index contributed by atoms with van der Waals surface area (Å²) in [5.74, 6) is 1.73. The maximum absolute atomic E-state index is 6.38. The highest BCUT2D eigenvalue weighted by atomic mass is 35.5. The van der Waals surface area contributed by atoms with Crippen molar-refractivity contribution in [1.82, 2.24) is 10.1 Å². The molecule has 1 aliphatic rings. The van der Waals surface area contributed by atoms with Crippen LogP contribution in [0.15, 0.2) is 28.8 Å². The van der Waals surface area contributed by atoms with Gasteiger partial charge in [-0.2, -0.15) is 4.98 Å². The molecule has 0 saturated heterocycles. The number of rotatable bonds is 6. The summed E-state index contributed by atoms with van der Waals surface area (Å²) in [4.78, 5) is 4.51. The number of benzene rings is 1. The molecule has 1 heterocycles. The smallest absolute Gasteiger partial charge is 0.261 e. The third kappa shape index (κ3) is 3.83. The normalized spacial score (nSPS) is 16.1. The lowest BCUT2D eigenvalue weighted by molar-refractivity contribution is 0.146. The van der Waals surface area contributed by atoms with Crippen LogP contribution in [0.3, 0.4) is 0 Å². The summed E-state index contributed by atoms with van der Waals surface area (Å²) in [5.41, 5.74) is 6.70. The van der Waals surface area contributed by atoms with Gasteiger partial charge in [-0.25, -0.2) is 0 Å². The van der Waals surface area contributed by atoms with E-state index in [1.165, 1.54) is 0 Å². The van der Waals surface area contributed by atoms with Crippen molar-refractivity contribution < 1.29 is 14.0 Å². The predicted octanol–water partition coefficient (Wildman–Crippen LogP) is 2.91. The molecule has 0 spiro atoms. The van der Waals surface area contributed by atoms with E-state index in [4.69, 9.17) is 19.7 Å². The summed E-state index contributed by atoms with van der Waals surface area (Å²) in [7, 11) is 1.64. The molecule has 1 aliphatic carbocycles. The Hall–Kier alpha value is -1.63. The maximum Gasteiger partial charge on any atom is 0.261 e. The van der Waals surface area contributed by atoms with Gasteiger partial charge in [0.2, 0.25) is 0 Å². The molecular formula is C16H22ClN3O3. The second-order valence-electron chi connectivity index (χ2n) is 5.62. The van der Waals surface area contributed by atoms with Crippen molar-refractivity contribution in [2.24, 2.45) is 5.73 Å². The molecule has 1 saturated carbocycles. The SMILES string of the molecule is COCCOc1ccccc1-c1nc(C2(N)CCCC2)no1.Cl. The molecule has 0 aliphatic heterocycles. The summed E-state index contributed by atoms with van der Waals surface area (Å²) in [6, 6.07) is 7.60.